The molecule has 110 valence electrons. The predicted octanol–water partition coefficient (Wildman–Crippen LogP) is 2.11. The summed E-state index contributed by atoms with van der Waals surface area (Å²) in [5.41, 5.74) is 0. The number of rotatable bonds is 1. The Morgan fingerprint density at radius 3 is 2.16 bits per heavy atom. The third kappa shape index (κ3) is 4.40. The van der Waals surface area contributed by atoms with Crippen LogP contribution >= 0.6 is 0 Å². The highest BCUT2D eigenvalue weighted by Crippen LogP contribution is 2.19. The summed E-state index contributed by atoms with van der Waals surface area (Å²) >= 11 is 0. The smallest absolute Gasteiger partial charge is 0.410 e. The van der Waals surface area contributed by atoms with Gasteiger partial charge in [-0.3, -0.25) is 4.79 Å². The minimum Gasteiger partial charge on any atom is -0.444 e. The summed E-state index contributed by atoms with van der Waals surface area (Å²) in [4.78, 5) is 26.5. The Bertz CT molecular complexity index is 320. The van der Waals surface area contributed by atoms with Gasteiger partial charge in [-0.2, -0.15) is 0 Å². The Morgan fingerprint density at radius 2 is 1.68 bits per heavy atom. The first-order valence-corrected chi connectivity index (χ1v) is 7.27. The Hall–Kier alpha value is -1.26. The summed E-state index contributed by atoms with van der Waals surface area (Å²) in [6.45, 7) is 10.5. The summed E-state index contributed by atoms with van der Waals surface area (Å²) in [5, 5.41) is 0. The van der Waals surface area contributed by atoms with Gasteiger partial charge in [0.15, 0.2) is 0 Å². The van der Waals surface area contributed by atoms with Gasteiger partial charge in [-0.15, -0.1) is 0 Å². The van der Waals surface area contributed by atoms with E-state index >= 15 is 0 Å². The molecule has 0 N–H and O–H groups in total. The number of hydrogen-bond acceptors (Lipinski definition) is 3. The van der Waals surface area contributed by atoms with Crippen LogP contribution in [0.4, 0.5) is 4.79 Å². The molecule has 0 radical (unpaired) electrons. The minimum absolute atomic E-state index is 0.0540. The molecule has 0 spiro atoms. The molecule has 19 heavy (non-hydrogen) atoms. The fourth-order valence-corrected chi connectivity index (χ4v) is 2.43. The van der Waals surface area contributed by atoms with Gasteiger partial charge in [-0.1, -0.05) is 20.8 Å². The largest absolute Gasteiger partial charge is 0.444 e. The van der Waals surface area contributed by atoms with E-state index < -0.39 is 0 Å². The first kappa shape index (κ1) is 15.8. The van der Waals surface area contributed by atoms with Gasteiger partial charge >= 0.3 is 6.09 Å². The van der Waals surface area contributed by atoms with Crippen LogP contribution in [0.2, 0.25) is 0 Å². The maximum atomic E-state index is 11.8. The maximum absolute atomic E-state index is 11.8. The molecule has 0 aromatic carbocycles. The number of hydrogen-bond donors (Lipinski definition) is 0. The summed E-state index contributed by atoms with van der Waals surface area (Å²) in [6, 6.07) is 0. The quantitative estimate of drug-likeness (QED) is 0.733. The molecule has 0 aromatic heterocycles. The van der Waals surface area contributed by atoms with E-state index in [2.05, 4.69) is 6.92 Å². The first-order valence-electron chi connectivity index (χ1n) is 7.27. The second-order valence-electron chi connectivity index (χ2n) is 5.10. The predicted molar refractivity (Wildman–Crippen MR) is 73.8 cm³/mol. The molecule has 0 saturated carbocycles. The standard InChI is InChI=1S/C12H20N2O3.C2H6/c1-9-3-5-14(7-9)12(16)17-11-4-6-13(8-11)10(2)15;1-2/h9,11H,3-8H2,1-2H3;1-2H3. The normalized spacial score (nSPS) is 25.9. The van der Waals surface area contributed by atoms with E-state index in [1.807, 2.05) is 13.8 Å². The molecule has 2 unspecified atom stereocenters. The highest BCUT2D eigenvalue weighted by molar-refractivity contribution is 5.73. The van der Waals surface area contributed by atoms with E-state index in [0.717, 1.165) is 25.9 Å². The Kier molecular flexibility index (Phi) is 6.12. The third-order valence-electron chi connectivity index (χ3n) is 3.54. The molecule has 5 nitrogen and oxygen atoms in total. The molecule has 2 rings (SSSR count). The zero-order valence-electron chi connectivity index (χ0n) is 12.5. The highest BCUT2D eigenvalue weighted by Gasteiger charge is 2.30. The average Bonchev–Trinajstić information content (AvgIpc) is 3.01. The fourth-order valence-electron chi connectivity index (χ4n) is 2.43. The summed E-state index contributed by atoms with van der Waals surface area (Å²) in [7, 11) is 0. The number of carbonyl (C=O) groups excluding carboxylic acids is 2. The van der Waals surface area contributed by atoms with Crippen LogP contribution < -0.4 is 0 Å². The molecule has 0 bridgehead atoms. The molecule has 2 saturated heterocycles. The van der Waals surface area contributed by atoms with Crippen molar-refractivity contribution in [3.05, 3.63) is 0 Å². The molecule has 2 aliphatic rings. The van der Waals surface area contributed by atoms with E-state index in [1.165, 1.54) is 0 Å². The molecule has 2 fully saturated rings. The second-order valence-corrected chi connectivity index (χ2v) is 5.10. The van der Waals surface area contributed by atoms with Gasteiger partial charge in [-0.25, -0.2) is 4.79 Å². The molecule has 2 amide bonds. The van der Waals surface area contributed by atoms with Crippen molar-refractivity contribution in [1.29, 1.82) is 0 Å². The number of amides is 2. The van der Waals surface area contributed by atoms with Crippen LogP contribution in [0.1, 0.15) is 40.5 Å². The van der Waals surface area contributed by atoms with Gasteiger partial charge in [-0.05, 0) is 12.3 Å². The van der Waals surface area contributed by atoms with Crippen LogP contribution in [0.5, 0.6) is 0 Å². The van der Waals surface area contributed by atoms with Crippen molar-refractivity contribution >= 4 is 12.0 Å². The van der Waals surface area contributed by atoms with Gasteiger partial charge in [0.2, 0.25) is 5.91 Å². The topological polar surface area (TPSA) is 49.9 Å². The lowest BCUT2D eigenvalue weighted by Crippen LogP contribution is -2.34. The van der Waals surface area contributed by atoms with E-state index in [-0.39, 0.29) is 18.1 Å². The summed E-state index contributed by atoms with van der Waals surface area (Å²) in [6.07, 6.45) is 1.47. The molecule has 0 aliphatic carbocycles. The van der Waals surface area contributed by atoms with Gasteiger partial charge in [0, 0.05) is 33.0 Å². The number of nitrogens with zero attached hydrogens (tertiary/aromatic N) is 2. The second kappa shape index (κ2) is 7.36. The van der Waals surface area contributed by atoms with Crippen molar-refractivity contribution in [3.63, 3.8) is 0 Å². The number of ether oxygens (including phenoxy) is 1. The summed E-state index contributed by atoms with van der Waals surface area (Å²) < 4.78 is 5.42. The van der Waals surface area contributed by atoms with Crippen LogP contribution in [-0.2, 0) is 9.53 Å². The van der Waals surface area contributed by atoms with Gasteiger partial charge in [0.05, 0.1) is 6.54 Å². The zero-order valence-corrected chi connectivity index (χ0v) is 12.5. The molecule has 5 heteroatoms. The van der Waals surface area contributed by atoms with E-state index in [9.17, 15) is 9.59 Å². The third-order valence-corrected chi connectivity index (χ3v) is 3.54. The number of carbonyl (C=O) groups is 2. The monoisotopic (exact) mass is 270 g/mol. The van der Waals surface area contributed by atoms with E-state index in [0.29, 0.717) is 19.0 Å². The van der Waals surface area contributed by atoms with Gasteiger partial charge < -0.3 is 14.5 Å². The summed E-state index contributed by atoms with van der Waals surface area (Å²) in [5.74, 6) is 0.623. The van der Waals surface area contributed by atoms with Crippen molar-refractivity contribution in [1.82, 2.24) is 9.80 Å². The van der Waals surface area contributed by atoms with Crippen molar-refractivity contribution in [2.24, 2.45) is 5.92 Å². The molecular weight excluding hydrogens is 244 g/mol. The van der Waals surface area contributed by atoms with E-state index in [4.69, 9.17) is 4.74 Å². The van der Waals surface area contributed by atoms with Crippen molar-refractivity contribution < 1.29 is 14.3 Å². The molecular formula is C14H26N2O3. The minimum atomic E-state index is -0.218. The molecule has 2 atom stereocenters. The highest BCUT2D eigenvalue weighted by atomic mass is 16.6. The lowest BCUT2D eigenvalue weighted by molar-refractivity contribution is -0.128. The Morgan fingerprint density at radius 1 is 1.05 bits per heavy atom. The van der Waals surface area contributed by atoms with Gasteiger partial charge in [0.25, 0.3) is 0 Å². The van der Waals surface area contributed by atoms with E-state index in [1.54, 1.807) is 16.7 Å². The Labute approximate surface area is 115 Å². The fraction of sp³-hybridized carbons (Fsp3) is 0.857. The number of likely N-dealkylation sites (tertiary alicyclic amines) is 2. The average molecular weight is 270 g/mol. The zero-order chi connectivity index (χ0) is 14.4. The van der Waals surface area contributed by atoms with Gasteiger partial charge in [0.1, 0.15) is 6.10 Å². The maximum Gasteiger partial charge on any atom is 0.410 e. The van der Waals surface area contributed by atoms with Crippen molar-refractivity contribution in [2.45, 2.75) is 46.6 Å². The lowest BCUT2D eigenvalue weighted by Gasteiger charge is -2.19. The SMILES string of the molecule is CC.CC(=O)N1CCC(OC(=O)N2CCC(C)C2)C1. The molecule has 2 heterocycles. The molecule has 0 aromatic rings. The Balaban J connectivity index is 0.000000861. The first-order chi connectivity index (χ1) is 9.06. The van der Waals surface area contributed by atoms with Crippen LogP contribution in [0.25, 0.3) is 0 Å². The van der Waals surface area contributed by atoms with Crippen LogP contribution in [0.3, 0.4) is 0 Å². The van der Waals surface area contributed by atoms with Crippen LogP contribution in [-0.4, -0.2) is 54.1 Å². The van der Waals surface area contributed by atoms with Crippen molar-refractivity contribution in [2.75, 3.05) is 26.2 Å². The molecule has 2 aliphatic heterocycles. The van der Waals surface area contributed by atoms with Crippen LogP contribution in [0.15, 0.2) is 0 Å². The lowest BCUT2D eigenvalue weighted by atomic mass is 10.2. The van der Waals surface area contributed by atoms with Crippen LogP contribution in [0, 0.1) is 5.92 Å². The van der Waals surface area contributed by atoms with Crippen molar-refractivity contribution in [3.8, 4) is 0 Å².